The van der Waals surface area contributed by atoms with Crippen molar-refractivity contribution in [2.24, 2.45) is 0 Å². The van der Waals surface area contributed by atoms with E-state index in [2.05, 4.69) is 5.10 Å². The van der Waals surface area contributed by atoms with E-state index >= 15 is 0 Å². The molecule has 0 saturated carbocycles. The average molecular weight is 182 g/mol. The predicted octanol–water partition coefficient (Wildman–Crippen LogP) is -0.154. The molecule has 2 rings (SSSR count). The molecule has 0 aliphatic carbocycles. The van der Waals surface area contributed by atoms with Gasteiger partial charge in [0.15, 0.2) is 6.23 Å². The highest BCUT2D eigenvalue weighted by Gasteiger charge is 2.18. The van der Waals surface area contributed by atoms with Crippen LogP contribution in [-0.4, -0.2) is 16.4 Å². The summed E-state index contributed by atoms with van der Waals surface area (Å²) in [5.41, 5.74) is -0.512. The maximum absolute atomic E-state index is 11.3. The average Bonchev–Trinajstić information content (AvgIpc) is 2.61. The van der Waals surface area contributed by atoms with Crippen LogP contribution in [0.4, 0.5) is 0 Å². The second-order valence-corrected chi connectivity index (χ2v) is 2.99. The van der Waals surface area contributed by atoms with Crippen LogP contribution in [0.5, 0.6) is 0 Å². The van der Waals surface area contributed by atoms with E-state index in [-0.39, 0.29) is 17.3 Å². The van der Waals surface area contributed by atoms with Crippen molar-refractivity contribution in [2.75, 3.05) is 6.61 Å². The van der Waals surface area contributed by atoms with Crippen molar-refractivity contribution in [2.45, 2.75) is 19.1 Å². The molecular weight excluding hydrogens is 172 g/mol. The SMILES string of the molecule is O=c1ccc(=O)n(C2CCCO2)[nH]1. The van der Waals surface area contributed by atoms with Gasteiger partial charge in [-0.05, 0) is 12.8 Å². The Bertz CT molecular complexity index is 400. The van der Waals surface area contributed by atoms with Crippen molar-refractivity contribution in [1.29, 1.82) is 0 Å². The minimum Gasteiger partial charge on any atom is -0.356 e. The second-order valence-electron chi connectivity index (χ2n) is 2.99. The molecular formula is C8H10N2O3. The molecule has 1 aliphatic rings. The van der Waals surface area contributed by atoms with Crippen molar-refractivity contribution < 1.29 is 4.74 Å². The Balaban J connectivity index is 2.43. The van der Waals surface area contributed by atoms with Crippen LogP contribution in [0.2, 0.25) is 0 Å². The summed E-state index contributed by atoms with van der Waals surface area (Å²) < 4.78 is 6.51. The molecule has 0 spiro atoms. The zero-order valence-corrected chi connectivity index (χ0v) is 7.03. The van der Waals surface area contributed by atoms with Crippen LogP contribution >= 0.6 is 0 Å². The highest BCUT2D eigenvalue weighted by atomic mass is 16.5. The lowest BCUT2D eigenvalue weighted by Gasteiger charge is -2.11. The van der Waals surface area contributed by atoms with Crippen LogP contribution in [0.15, 0.2) is 21.7 Å². The second kappa shape index (κ2) is 3.18. The van der Waals surface area contributed by atoms with E-state index in [1.807, 2.05) is 0 Å². The Morgan fingerprint density at radius 1 is 1.46 bits per heavy atom. The van der Waals surface area contributed by atoms with Crippen LogP contribution in [-0.2, 0) is 4.74 Å². The van der Waals surface area contributed by atoms with Gasteiger partial charge in [-0.15, -0.1) is 0 Å². The van der Waals surface area contributed by atoms with Gasteiger partial charge in [0.2, 0.25) is 0 Å². The first-order chi connectivity index (χ1) is 6.27. The molecule has 1 aliphatic heterocycles. The van der Waals surface area contributed by atoms with Crippen molar-refractivity contribution >= 4 is 0 Å². The van der Waals surface area contributed by atoms with Crippen LogP contribution in [0.3, 0.4) is 0 Å². The molecule has 13 heavy (non-hydrogen) atoms. The molecule has 2 heterocycles. The molecule has 1 aromatic rings. The molecule has 1 N–H and O–H groups in total. The maximum Gasteiger partial charge on any atom is 0.267 e. The van der Waals surface area contributed by atoms with E-state index in [9.17, 15) is 9.59 Å². The Kier molecular flexibility index (Phi) is 2.02. The van der Waals surface area contributed by atoms with Crippen molar-refractivity contribution in [1.82, 2.24) is 9.78 Å². The number of nitrogens with one attached hydrogen (secondary N) is 1. The Morgan fingerprint density at radius 3 is 3.00 bits per heavy atom. The number of ether oxygens (including phenoxy) is 1. The third-order valence-corrected chi connectivity index (χ3v) is 2.04. The molecule has 5 heteroatoms. The minimum absolute atomic E-state index is 0.230. The predicted molar refractivity (Wildman–Crippen MR) is 45.5 cm³/mol. The summed E-state index contributed by atoms with van der Waals surface area (Å²) in [5.74, 6) is 0. The first-order valence-corrected chi connectivity index (χ1v) is 4.21. The summed E-state index contributed by atoms with van der Waals surface area (Å²) in [4.78, 5) is 22.2. The van der Waals surface area contributed by atoms with Gasteiger partial charge < -0.3 is 4.74 Å². The van der Waals surface area contributed by atoms with E-state index in [4.69, 9.17) is 4.74 Å². The number of hydrogen-bond acceptors (Lipinski definition) is 3. The fourth-order valence-corrected chi connectivity index (χ4v) is 1.42. The first-order valence-electron chi connectivity index (χ1n) is 4.21. The van der Waals surface area contributed by atoms with Gasteiger partial charge in [-0.2, -0.15) is 0 Å². The zero-order chi connectivity index (χ0) is 9.26. The minimum atomic E-state index is -0.290. The van der Waals surface area contributed by atoms with Crippen LogP contribution < -0.4 is 11.1 Å². The lowest BCUT2D eigenvalue weighted by Crippen LogP contribution is -2.31. The number of rotatable bonds is 1. The molecule has 0 amide bonds. The molecule has 0 bridgehead atoms. The lowest BCUT2D eigenvalue weighted by molar-refractivity contribution is 0.0421. The molecule has 1 unspecified atom stereocenters. The first kappa shape index (κ1) is 8.25. The van der Waals surface area contributed by atoms with E-state index < -0.39 is 0 Å². The summed E-state index contributed by atoms with van der Waals surface area (Å²) in [6, 6.07) is 2.47. The summed E-state index contributed by atoms with van der Waals surface area (Å²) in [5, 5.41) is 2.44. The van der Waals surface area contributed by atoms with Crippen LogP contribution in [0.1, 0.15) is 19.1 Å². The topological polar surface area (TPSA) is 64.1 Å². The van der Waals surface area contributed by atoms with Crippen molar-refractivity contribution in [3.8, 4) is 0 Å². The molecule has 1 aromatic heterocycles. The number of H-pyrrole nitrogens is 1. The van der Waals surface area contributed by atoms with E-state index in [1.54, 1.807) is 0 Å². The Labute approximate surface area is 73.9 Å². The normalized spacial score (nSPS) is 22.0. The number of aromatic amines is 1. The molecule has 1 saturated heterocycles. The van der Waals surface area contributed by atoms with Crippen molar-refractivity contribution in [3.63, 3.8) is 0 Å². The molecule has 5 nitrogen and oxygen atoms in total. The van der Waals surface area contributed by atoms with Gasteiger partial charge in [-0.25, -0.2) is 4.68 Å². The number of hydrogen-bond donors (Lipinski definition) is 1. The highest BCUT2D eigenvalue weighted by molar-refractivity contribution is 4.87. The molecule has 1 atom stereocenters. The van der Waals surface area contributed by atoms with E-state index in [0.29, 0.717) is 6.61 Å². The highest BCUT2D eigenvalue weighted by Crippen LogP contribution is 2.19. The Hall–Kier alpha value is -1.36. The fraction of sp³-hybridized carbons (Fsp3) is 0.500. The van der Waals surface area contributed by atoms with Gasteiger partial charge in [0.05, 0.1) is 0 Å². The number of nitrogens with zero attached hydrogens (tertiary/aromatic N) is 1. The summed E-state index contributed by atoms with van der Waals surface area (Å²) >= 11 is 0. The lowest BCUT2D eigenvalue weighted by atomic mass is 10.3. The monoisotopic (exact) mass is 182 g/mol. The zero-order valence-electron chi connectivity index (χ0n) is 7.03. The van der Waals surface area contributed by atoms with Gasteiger partial charge in [-0.1, -0.05) is 0 Å². The van der Waals surface area contributed by atoms with E-state index in [0.717, 1.165) is 12.8 Å². The van der Waals surface area contributed by atoms with E-state index in [1.165, 1.54) is 16.8 Å². The van der Waals surface area contributed by atoms with Gasteiger partial charge in [0.1, 0.15) is 0 Å². The molecule has 0 aromatic carbocycles. The molecule has 0 radical (unpaired) electrons. The van der Waals surface area contributed by atoms with Gasteiger partial charge >= 0.3 is 0 Å². The third kappa shape index (κ3) is 1.55. The smallest absolute Gasteiger partial charge is 0.267 e. The maximum atomic E-state index is 11.3. The largest absolute Gasteiger partial charge is 0.356 e. The summed E-state index contributed by atoms with van der Waals surface area (Å²) in [6.07, 6.45) is 1.41. The van der Waals surface area contributed by atoms with Gasteiger partial charge in [-0.3, -0.25) is 14.7 Å². The van der Waals surface area contributed by atoms with Gasteiger partial charge in [0, 0.05) is 18.7 Å². The fourth-order valence-electron chi connectivity index (χ4n) is 1.42. The van der Waals surface area contributed by atoms with Crippen molar-refractivity contribution in [3.05, 3.63) is 32.8 Å². The molecule has 1 fully saturated rings. The standard InChI is InChI=1S/C8H10N2O3/c11-6-3-4-7(12)10(9-6)8-2-1-5-13-8/h3-4,8H,1-2,5H2,(H,9,11). The van der Waals surface area contributed by atoms with Gasteiger partial charge in [0.25, 0.3) is 11.1 Å². The summed E-state index contributed by atoms with van der Waals surface area (Å²) in [6.45, 7) is 0.647. The molecule has 70 valence electrons. The third-order valence-electron chi connectivity index (χ3n) is 2.04. The van der Waals surface area contributed by atoms with Crippen LogP contribution in [0, 0.1) is 0 Å². The summed E-state index contributed by atoms with van der Waals surface area (Å²) in [7, 11) is 0. The quantitative estimate of drug-likeness (QED) is 0.656. The number of aromatic nitrogens is 2. The Morgan fingerprint density at radius 2 is 2.31 bits per heavy atom. The van der Waals surface area contributed by atoms with Crippen LogP contribution in [0.25, 0.3) is 0 Å².